The minimum Gasteiger partial charge on any atom is -0.365 e. The van der Waals surface area contributed by atoms with Crippen molar-refractivity contribution in [2.45, 2.75) is 13.0 Å². The van der Waals surface area contributed by atoms with Gasteiger partial charge in [0.15, 0.2) is 0 Å². The molecule has 0 aliphatic carbocycles. The Balaban J connectivity index is 2.24. The van der Waals surface area contributed by atoms with Crippen LogP contribution < -0.4 is 16.4 Å². The summed E-state index contributed by atoms with van der Waals surface area (Å²) in [7, 11) is 0. The van der Waals surface area contributed by atoms with E-state index in [4.69, 9.17) is 11.5 Å². The Kier molecular flexibility index (Phi) is 3.55. The summed E-state index contributed by atoms with van der Waals surface area (Å²) in [5, 5.41) is 0. The van der Waals surface area contributed by atoms with Gasteiger partial charge in [0.25, 0.3) is 5.91 Å². The van der Waals surface area contributed by atoms with Crippen LogP contribution in [0.1, 0.15) is 17.3 Å². The first kappa shape index (κ1) is 13.1. The first-order chi connectivity index (χ1) is 9.00. The maximum absolute atomic E-state index is 11.4. The van der Waals surface area contributed by atoms with Gasteiger partial charge in [-0.1, -0.05) is 0 Å². The highest BCUT2D eigenvalue weighted by molar-refractivity contribution is 5.97. The van der Waals surface area contributed by atoms with E-state index < -0.39 is 11.9 Å². The molecule has 0 saturated carbocycles. The topological polar surface area (TPSA) is 106 Å². The molecule has 1 atom stereocenters. The Morgan fingerprint density at radius 1 is 1.37 bits per heavy atom. The molecule has 1 saturated heterocycles. The minimum absolute atomic E-state index is 0.0225. The number of primary amides is 2. The molecule has 0 aromatic carbocycles. The third-order valence-corrected chi connectivity index (χ3v) is 3.26. The van der Waals surface area contributed by atoms with E-state index in [9.17, 15) is 9.59 Å². The molecule has 1 aromatic heterocycles. The lowest BCUT2D eigenvalue weighted by Gasteiger charge is -2.40. The van der Waals surface area contributed by atoms with Crippen LogP contribution in [0.4, 0.5) is 10.6 Å². The van der Waals surface area contributed by atoms with Crippen molar-refractivity contribution in [1.29, 1.82) is 0 Å². The van der Waals surface area contributed by atoms with Gasteiger partial charge in [0.2, 0.25) is 0 Å². The average Bonchev–Trinajstić information content (AvgIpc) is 2.38. The highest BCUT2D eigenvalue weighted by Crippen LogP contribution is 2.21. The van der Waals surface area contributed by atoms with Crippen LogP contribution in [0.5, 0.6) is 0 Å². The molecule has 1 aliphatic rings. The maximum Gasteiger partial charge on any atom is 0.314 e. The number of hydrogen-bond donors (Lipinski definition) is 2. The summed E-state index contributed by atoms with van der Waals surface area (Å²) in [4.78, 5) is 30.4. The Labute approximate surface area is 111 Å². The number of urea groups is 1. The molecule has 102 valence electrons. The molecule has 0 spiro atoms. The number of carbonyl (C=O) groups excluding carboxylic acids is 2. The number of hydrogen-bond acceptors (Lipinski definition) is 4. The third-order valence-electron chi connectivity index (χ3n) is 3.26. The molecule has 1 aromatic rings. The number of pyridine rings is 1. The number of amides is 3. The summed E-state index contributed by atoms with van der Waals surface area (Å²) in [5.74, 6) is 0.0549. The maximum atomic E-state index is 11.4. The molecule has 3 amide bonds. The second-order valence-electron chi connectivity index (χ2n) is 4.57. The van der Waals surface area contributed by atoms with Crippen LogP contribution in [0.25, 0.3) is 0 Å². The van der Waals surface area contributed by atoms with Gasteiger partial charge in [0.05, 0.1) is 5.56 Å². The fourth-order valence-corrected chi connectivity index (χ4v) is 2.29. The van der Waals surface area contributed by atoms with E-state index in [1.54, 1.807) is 23.2 Å². The Morgan fingerprint density at radius 2 is 2.11 bits per heavy atom. The summed E-state index contributed by atoms with van der Waals surface area (Å²) in [5.41, 5.74) is 11.0. The van der Waals surface area contributed by atoms with Crippen LogP contribution in [0.3, 0.4) is 0 Å². The monoisotopic (exact) mass is 263 g/mol. The second-order valence-corrected chi connectivity index (χ2v) is 4.57. The van der Waals surface area contributed by atoms with Gasteiger partial charge in [-0.05, 0) is 19.1 Å². The molecule has 0 radical (unpaired) electrons. The lowest BCUT2D eigenvalue weighted by atomic mass is 10.1. The Hall–Kier alpha value is -2.31. The highest BCUT2D eigenvalue weighted by atomic mass is 16.2. The van der Waals surface area contributed by atoms with Crippen molar-refractivity contribution >= 4 is 17.8 Å². The van der Waals surface area contributed by atoms with E-state index in [1.807, 2.05) is 11.8 Å². The molecular weight excluding hydrogens is 246 g/mol. The van der Waals surface area contributed by atoms with Gasteiger partial charge >= 0.3 is 6.03 Å². The predicted molar refractivity (Wildman–Crippen MR) is 70.7 cm³/mol. The minimum atomic E-state index is -0.507. The molecule has 0 bridgehead atoms. The van der Waals surface area contributed by atoms with Gasteiger partial charge in [-0.15, -0.1) is 0 Å². The van der Waals surface area contributed by atoms with Crippen molar-refractivity contribution in [3.8, 4) is 0 Å². The zero-order valence-corrected chi connectivity index (χ0v) is 10.7. The summed E-state index contributed by atoms with van der Waals surface area (Å²) in [6, 6.07) is 2.92. The zero-order chi connectivity index (χ0) is 14.0. The van der Waals surface area contributed by atoms with Crippen LogP contribution in [0, 0.1) is 0 Å². The van der Waals surface area contributed by atoms with Gasteiger partial charge < -0.3 is 21.3 Å². The van der Waals surface area contributed by atoms with Gasteiger partial charge in [0.1, 0.15) is 5.82 Å². The normalized spacial score (nSPS) is 19.3. The number of carbonyl (C=O) groups is 2. The van der Waals surface area contributed by atoms with E-state index in [1.165, 1.54) is 0 Å². The van der Waals surface area contributed by atoms with Crippen LogP contribution in [-0.4, -0.2) is 47.5 Å². The van der Waals surface area contributed by atoms with Crippen molar-refractivity contribution in [2.24, 2.45) is 11.5 Å². The summed E-state index contributed by atoms with van der Waals surface area (Å²) < 4.78 is 0. The van der Waals surface area contributed by atoms with Crippen molar-refractivity contribution in [1.82, 2.24) is 9.88 Å². The van der Waals surface area contributed by atoms with E-state index in [0.717, 1.165) is 0 Å². The molecule has 4 N–H and O–H groups in total. The van der Waals surface area contributed by atoms with Crippen LogP contribution in [0.2, 0.25) is 0 Å². The summed E-state index contributed by atoms with van der Waals surface area (Å²) >= 11 is 0. The van der Waals surface area contributed by atoms with Crippen LogP contribution in [-0.2, 0) is 0 Å². The van der Waals surface area contributed by atoms with E-state index in [2.05, 4.69) is 4.98 Å². The van der Waals surface area contributed by atoms with Crippen molar-refractivity contribution in [2.75, 3.05) is 24.5 Å². The molecule has 1 fully saturated rings. The lowest BCUT2D eigenvalue weighted by Crippen LogP contribution is -2.55. The Morgan fingerprint density at radius 3 is 2.68 bits per heavy atom. The first-order valence-electron chi connectivity index (χ1n) is 6.06. The average molecular weight is 263 g/mol. The lowest BCUT2D eigenvalue weighted by molar-refractivity contribution is 0.1000. The molecule has 1 aliphatic heterocycles. The number of piperazine rings is 1. The SMILES string of the molecule is CC1CN(C(N)=O)CCN1c1ncccc1C(N)=O. The van der Waals surface area contributed by atoms with Gasteiger partial charge in [-0.2, -0.15) is 0 Å². The molecule has 19 heavy (non-hydrogen) atoms. The number of rotatable bonds is 2. The summed E-state index contributed by atoms with van der Waals surface area (Å²) in [6.45, 7) is 3.54. The molecule has 2 rings (SSSR count). The zero-order valence-electron chi connectivity index (χ0n) is 10.7. The summed E-state index contributed by atoms with van der Waals surface area (Å²) in [6.07, 6.45) is 1.62. The van der Waals surface area contributed by atoms with Crippen molar-refractivity contribution < 1.29 is 9.59 Å². The molecule has 7 nitrogen and oxygen atoms in total. The molecule has 2 heterocycles. The standard InChI is InChI=1S/C12H17N5O2/c1-8-7-16(12(14)19)5-6-17(8)11-9(10(13)18)3-2-4-15-11/h2-4,8H,5-7H2,1H3,(H2,13,18)(H2,14,19). The predicted octanol–water partition coefficient (Wildman–Crippen LogP) is -0.230. The fourth-order valence-electron chi connectivity index (χ4n) is 2.29. The third kappa shape index (κ3) is 2.59. The highest BCUT2D eigenvalue weighted by Gasteiger charge is 2.28. The number of aromatic nitrogens is 1. The second kappa shape index (κ2) is 5.13. The van der Waals surface area contributed by atoms with Crippen LogP contribution in [0.15, 0.2) is 18.3 Å². The van der Waals surface area contributed by atoms with E-state index >= 15 is 0 Å². The van der Waals surface area contributed by atoms with Crippen molar-refractivity contribution in [3.05, 3.63) is 23.9 Å². The van der Waals surface area contributed by atoms with Gasteiger partial charge in [-0.3, -0.25) is 4.79 Å². The van der Waals surface area contributed by atoms with E-state index in [0.29, 0.717) is 31.0 Å². The number of anilines is 1. The quantitative estimate of drug-likeness (QED) is 0.768. The number of nitrogens with zero attached hydrogens (tertiary/aromatic N) is 3. The molecule has 1 unspecified atom stereocenters. The van der Waals surface area contributed by atoms with Crippen molar-refractivity contribution in [3.63, 3.8) is 0 Å². The molecule has 7 heteroatoms. The smallest absolute Gasteiger partial charge is 0.314 e. The van der Waals surface area contributed by atoms with Gasteiger partial charge in [-0.25, -0.2) is 9.78 Å². The Bertz CT molecular complexity index is 505. The van der Waals surface area contributed by atoms with E-state index in [-0.39, 0.29) is 6.04 Å². The fraction of sp³-hybridized carbons (Fsp3) is 0.417. The van der Waals surface area contributed by atoms with Gasteiger partial charge in [0, 0.05) is 31.9 Å². The van der Waals surface area contributed by atoms with Crippen LogP contribution >= 0.6 is 0 Å². The first-order valence-corrected chi connectivity index (χ1v) is 6.06. The number of nitrogens with two attached hydrogens (primary N) is 2. The largest absolute Gasteiger partial charge is 0.365 e. The molecular formula is C12H17N5O2.